The Bertz CT molecular complexity index is 473. The van der Waals surface area contributed by atoms with Gasteiger partial charge < -0.3 is 11.1 Å². The second kappa shape index (κ2) is 7.97. The van der Waals surface area contributed by atoms with Crippen LogP contribution in [0.2, 0.25) is 0 Å². The van der Waals surface area contributed by atoms with Gasteiger partial charge in [0.1, 0.15) is 0 Å². The highest BCUT2D eigenvalue weighted by molar-refractivity contribution is 5.94. The monoisotopic (exact) mass is 328 g/mol. The predicted molar refractivity (Wildman–Crippen MR) is 92.3 cm³/mol. The van der Waals surface area contributed by atoms with Crippen molar-refractivity contribution in [3.63, 3.8) is 0 Å². The third-order valence-electron chi connectivity index (χ3n) is 4.36. The molecule has 5 nitrogen and oxygen atoms in total. The number of nitrogens with one attached hydrogen (secondary N) is 2. The zero-order valence-electron chi connectivity index (χ0n) is 13.8. The van der Waals surface area contributed by atoms with Crippen LogP contribution in [-0.2, 0) is 4.79 Å². The molecule has 2 rings (SSSR count). The van der Waals surface area contributed by atoms with E-state index in [1.54, 1.807) is 0 Å². The molecule has 4 N–H and O–H groups in total. The van der Waals surface area contributed by atoms with Crippen molar-refractivity contribution in [3.05, 3.63) is 11.8 Å². The van der Waals surface area contributed by atoms with Crippen LogP contribution in [0.1, 0.15) is 70.9 Å². The van der Waals surface area contributed by atoms with Crippen molar-refractivity contribution in [2.24, 2.45) is 11.1 Å². The smallest absolute Gasteiger partial charge is 0.243 e. The third kappa shape index (κ3) is 4.99. The first-order valence-corrected chi connectivity index (χ1v) is 7.99. The second-order valence-electron chi connectivity index (χ2n) is 7.23. The summed E-state index contributed by atoms with van der Waals surface area (Å²) in [5.74, 6) is 0.947. The van der Waals surface area contributed by atoms with Gasteiger partial charge in [0, 0.05) is 17.7 Å². The van der Waals surface area contributed by atoms with Crippen LogP contribution in [0.4, 0.5) is 5.82 Å². The highest BCUT2D eigenvalue weighted by Crippen LogP contribution is 2.31. The number of halogens is 1. The molecule has 0 aliphatic heterocycles. The molecular weight excluding hydrogens is 300 g/mol. The van der Waals surface area contributed by atoms with Crippen LogP contribution in [0.15, 0.2) is 6.07 Å². The molecule has 1 aliphatic carbocycles. The first kappa shape index (κ1) is 19.0. The fourth-order valence-corrected chi connectivity index (χ4v) is 2.80. The summed E-state index contributed by atoms with van der Waals surface area (Å²) in [4.78, 5) is 12.1. The third-order valence-corrected chi connectivity index (χ3v) is 4.36. The Morgan fingerprint density at radius 2 is 1.91 bits per heavy atom. The van der Waals surface area contributed by atoms with E-state index in [1.807, 2.05) is 26.8 Å². The first-order chi connectivity index (χ1) is 9.88. The van der Waals surface area contributed by atoms with Crippen molar-refractivity contribution in [3.8, 4) is 0 Å². The van der Waals surface area contributed by atoms with Crippen LogP contribution in [0.5, 0.6) is 0 Å². The number of rotatable bonds is 3. The number of hydrogen-bond donors (Lipinski definition) is 3. The summed E-state index contributed by atoms with van der Waals surface area (Å²) in [6.07, 6.45) is 7.62. The molecule has 1 fully saturated rings. The minimum absolute atomic E-state index is 0. The Labute approximate surface area is 139 Å². The summed E-state index contributed by atoms with van der Waals surface area (Å²) < 4.78 is 0. The van der Waals surface area contributed by atoms with E-state index in [9.17, 15) is 4.79 Å². The normalized spacial score (nSPS) is 18.2. The standard InChI is InChI=1S/C16H28N4O.ClH/c1-16(2,3)14(17)15(21)18-13-10-12(19-20-13)11-8-6-4-5-7-9-11;/h10-11,14H,4-9,17H2,1-3H3,(H2,18,19,20,21);1H/t14-;/m1./s1. The number of carbonyl (C=O) groups is 1. The van der Waals surface area contributed by atoms with E-state index in [-0.39, 0.29) is 23.7 Å². The van der Waals surface area contributed by atoms with E-state index >= 15 is 0 Å². The molecule has 22 heavy (non-hydrogen) atoms. The Hall–Kier alpha value is -1.07. The number of H-pyrrole nitrogens is 1. The largest absolute Gasteiger partial charge is 0.319 e. The molecule has 1 saturated carbocycles. The molecule has 126 valence electrons. The first-order valence-electron chi connectivity index (χ1n) is 7.99. The highest BCUT2D eigenvalue weighted by Gasteiger charge is 2.28. The van der Waals surface area contributed by atoms with Gasteiger partial charge in [0.15, 0.2) is 5.82 Å². The number of anilines is 1. The van der Waals surface area contributed by atoms with Crippen LogP contribution in [0, 0.1) is 5.41 Å². The summed E-state index contributed by atoms with van der Waals surface area (Å²) in [6, 6.07) is 1.42. The number of aromatic amines is 1. The minimum atomic E-state index is -0.546. The molecule has 0 unspecified atom stereocenters. The van der Waals surface area contributed by atoms with E-state index in [0.717, 1.165) is 5.69 Å². The quantitative estimate of drug-likeness (QED) is 0.741. The van der Waals surface area contributed by atoms with Crippen LogP contribution in [-0.4, -0.2) is 22.1 Å². The molecule has 1 aromatic heterocycles. The molecule has 0 bridgehead atoms. The van der Waals surface area contributed by atoms with E-state index in [2.05, 4.69) is 15.5 Å². The summed E-state index contributed by atoms with van der Waals surface area (Å²) in [7, 11) is 0. The van der Waals surface area contributed by atoms with Crippen molar-refractivity contribution in [2.45, 2.75) is 71.3 Å². The average Bonchev–Trinajstić information content (AvgIpc) is 2.71. The summed E-state index contributed by atoms with van der Waals surface area (Å²) in [6.45, 7) is 5.87. The molecule has 6 heteroatoms. The zero-order valence-corrected chi connectivity index (χ0v) is 14.6. The molecule has 1 heterocycles. The van der Waals surface area contributed by atoms with Crippen LogP contribution >= 0.6 is 12.4 Å². The lowest BCUT2D eigenvalue weighted by atomic mass is 9.87. The van der Waals surface area contributed by atoms with Gasteiger partial charge in [-0.1, -0.05) is 46.5 Å². The number of nitrogens with zero attached hydrogens (tertiary/aromatic N) is 1. The summed E-state index contributed by atoms with van der Waals surface area (Å²) in [5, 5.41) is 10.1. The van der Waals surface area contributed by atoms with Crippen molar-refractivity contribution in [2.75, 3.05) is 5.32 Å². The second-order valence-corrected chi connectivity index (χ2v) is 7.23. The fourth-order valence-electron chi connectivity index (χ4n) is 2.80. The van der Waals surface area contributed by atoms with Crippen molar-refractivity contribution in [1.82, 2.24) is 10.2 Å². The molecule has 0 spiro atoms. The number of nitrogens with two attached hydrogens (primary N) is 1. The van der Waals surface area contributed by atoms with Gasteiger partial charge in [-0.15, -0.1) is 12.4 Å². The van der Waals surface area contributed by atoms with Gasteiger partial charge in [-0.25, -0.2) is 0 Å². The fraction of sp³-hybridized carbons (Fsp3) is 0.750. The van der Waals surface area contributed by atoms with Gasteiger partial charge in [0.2, 0.25) is 5.91 Å². The topological polar surface area (TPSA) is 83.8 Å². The van der Waals surface area contributed by atoms with Gasteiger partial charge in [-0.3, -0.25) is 9.89 Å². The maximum absolute atomic E-state index is 12.1. The number of aromatic nitrogens is 2. The lowest BCUT2D eigenvalue weighted by molar-refractivity contribution is -0.119. The molecule has 1 aliphatic rings. The number of amides is 1. The van der Waals surface area contributed by atoms with Crippen molar-refractivity contribution >= 4 is 24.1 Å². The van der Waals surface area contributed by atoms with Gasteiger partial charge >= 0.3 is 0 Å². The van der Waals surface area contributed by atoms with Gasteiger partial charge in [-0.2, -0.15) is 5.10 Å². The Balaban J connectivity index is 0.00000242. The molecule has 1 aromatic rings. The van der Waals surface area contributed by atoms with E-state index in [1.165, 1.54) is 38.5 Å². The molecule has 0 aromatic carbocycles. The van der Waals surface area contributed by atoms with Crippen LogP contribution in [0.25, 0.3) is 0 Å². The van der Waals surface area contributed by atoms with E-state index in [4.69, 9.17) is 5.73 Å². The van der Waals surface area contributed by atoms with Crippen LogP contribution < -0.4 is 11.1 Å². The molecular formula is C16H29ClN4O. The Morgan fingerprint density at radius 1 is 1.32 bits per heavy atom. The maximum Gasteiger partial charge on any atom is 0.243 e. The lowest BCUT2D eigenvalue weighted by Gasteiger charge is -2.25. The predicted octanol–water partition coefficient (Wildman–Crippen LogP) is 3.58. The highest BCUT2D eigenvalue weighted by atomic mass is 35.5. The molecule has 0 radical (unpaired) electrons. The summed E-state index contributed by atoms with van der Waals surface area (Å²) >= 11 is 0. The lowest BCUT2D eigenvalue weighted by Crippen LogP contribution is -2.45. The SMILES string of the molecule is CC(C)(C)[C@H](N)C(=O)Nc1cc(C2CCCCCC2)[nH]n1.Cl. The Morgan fingerprint density at radius 3 is 2.45 bits per heavy atom. The van der Waals surface area contributed by atoms with E-state index < -0.39 is 6.04 Å². The molecule has 0 saturated heterocycles. The van der Waals surface area contributed by atoms with Gasteiger partial charge in [-0.05, 0) is 18.3 Å². The van der Waals surface area contributed by atoms with E-state index in [0.29, 0.717) is 11.7 Å². The number of hydrogen-bond acceptors (Lipinski definition) is 3. The maximum atomic E-state index is 12.1. The summed E-state index contributed by atoms with van der Waals surface area (Å²) in [5.41, 5.74) is 6.84. The minimum Gasteiger partial charge on any atom is -0.319 e. The molecule has 1 amide bonds. The molecule has 1 atom stereocenters. The Kier molecular flexibility index (Phi) is 6.88. The van der Waals surface area contributed by atoms with Crippen molar-refractivity contribution in [1.29, 1.82) is 0 Å². The average molecular weight is 329 g/mol. The van der Waals surface area contributed by atoms with Gasteiger partial charge in [0.05, 0.1) is 6.04 Å². The van der Waals surface area contributed by atoms with Crippen LogP contribution in [0.3, 0.4) is 0 Å². The zero-order chi connectivity index (χ0) is 15.5. The van der Waals surface area contributed by atoms with Crippen molar-refractivity contribution < 1.29 is 4.79 Å². The van der Waals surface area contributed by atoms with Gasteiger partial charge in [0.25, 0.3) is 0 Å². The number of carbonyl (C=O) groups excluding carboxylic acids is 1.